The van der Waals surface area contributed by atoms with Crippen LogP contribution in [0.15, 0.2) is 23.1 Å². The number of ether oxygens (including phenoxy) is 1. The molecule has 1 aliphatic carbocycles. The van der Waals surface area contributed by atoms with E-state index >= 15 is 0 Å². The molecule has 0 aromatic heterocycles. The van der Waals surface area contributed by atoms with Crippen LogP contribution in [0.25, 0.3) is 0 Å². The number of methoxy groups -OCH3 is 1. The highest BCUT2D eigenvalue weighted by Gasteiger charge is 2.31. The number of carboxylic acids is 1. The predicted octanol–water partition coefficient (Wildman–Crippen LogP) is 2.25. The molecule has 8 heteroatoms. The SMILES string of the molecule is COc1ccc(S(C)(=O)=O)cc1C(=O)NC1CCCCCCC1C(=O)O. The van der Waals surface area contributed by atoms with E-state index in [0.717, 1.165) is 31.9 Å². The van der Waals surface area contributed by atoms with Gasteiger partial charge in [-0.15, -0.1) is 0 Å². The normalized spacial score (nSPS) is 21.3. The maximum atomic E-state index is 12.8. The number of hydrogen-bond acceptors (Lipinski definition) is 5. The van der Waals surface area contributed by atoms with Gasteiger partial charge in [0.2, 0.25) is 0 Å². The molecule has 2 unspecified atom stereocenters. The van der Waals surface area contributed by atoms with E-state index in [4.69, 9.17) is 4.74 Å². The average molecular weight is 383 g/mol. The molecule has 1 aromatic carbocycles. The van der Waals surface area contributed by atoms with Crippen LogP contribution in [-0.4, -0.2) is 44.8 Å². The van der Waals surface area contributed by atoms with E-state index in [0.29, 0.717) is 12.8 Å². The Hall–Kier alpha value is -2.09. The van der Waals surface area contributed by atoms with Crippen LogP contribution >= 0.6 is 0 Å². The second-order valence-corrected chi connectivity index (χ2v) is 8.67. The Morgan fingerprint density at radius 1 is 1.15 bits per heavy atom. The molecule has 1 amide bonds. The average Bonchev–Trinajstić information content (AvgIpc) is 2.55. The van der Waals surface area contributed by atoms with Crippen LogP contribution in [0.3, 0.4) is 0 Å². The lowest BCUT2D eigenvalue weighted by Gasteiger charge is -2.27. The van der Waals surface area contributed by atoms with Crippen molar-refractivity contribution in [3.05, 3.63) is 23.8 Å². The molecule has 1 aliphatic rings. The minimum Gasteiger partial charge on any atom is -0.496 e. The summed E-state index contributed by atoms with van der Waals surface area (Å²) >= 11 is 0. The number of aliphatic carboxylic acids is 1. The molecule has 1 fully saturated rings. The number of nitrogens with one attached hydrogen (secondary N) is 1. The first-order valence-electron chi connectivity index (χ1n) is 8.66. The molecule has 0 spiro atoms. The van der Waals surface area contributed by atoms with Crippen molar-refractivity contribution in [3.8, 4) is 5.75 Å². The zero-order valence-electron chi connectivity index (χ0n) is 15.0. The molecule has 1 saturated carbocycles. The lowest BCUT2D eigenvalue weighted by molar-refractivity contribution is -0.143. The zero-order valence-corrected chi connectivity index (χ0v) is 15.8. The number of carbonyl (C=O) groups is 2. The first kappa shape index (κ1) is 20.2. The summed E-state index contributed by atoms with van der Waals surface area (Å²) in [6.45, 7) is 0. The number of sulfone groups is 1. The summed E-state index contributed by atoms with van der Waals surface area (Å²) in [7, 11) is -2.09. The summed E-state index contributed by atoms with van der Waals surface area (Å²) in [4.78, 5) is 24.4. The molecule has 0 radical (unpaired) electrons. The summed E-state index contributed by atoms with van der Waals surface area (Å²) in [6.07, 6.45) is 5.81. The van der Waals surface area contributed by atoms with Crippen molar-refractivity contribution < 1.29 is 27.9 Å². The highest BCUT2D eigenvalue weighted by Crippen LogP contribution is 2.26. The molecule has 26 heavy (non-hydrogen) atoms. The number of carbonyl (C=O) groups excluding carboxylic acids is 1. The van der Waals surface area contributed by atoms with E-state index in [-0.39, 0.29) is 16.2 Å². The minimum atomic E-state index is -3.48. The summed E-state index contributed by atoms with van der Waals surface area (Å²) in [6, 6.07) is 3.58. The maximum Gasteiger partial charge on any atom is 0.308 e. The summed E-state index contributed by atoms with van der Waals surface area (Å²) < 4.78 is 28.7. The summed E-state index contributed by atoms with van der Waals surface area (Å²) in [5.74, 6) is -1.85. The van der Waals surface area contributed by atoms with Crippen LogP contribution in [0.4, 0.5) is 0 Å². The van der Waals surface area contributed by atoms with Gasteiger partial charge in [-0.25, -0.2) is 8.42 Å². The van der Waals surface area contributed by atoms with E-state index in [9.17, 15) is 23.1 Å². The van der Waals surface area contributed by atoms with Crippen molar-refractivity contribution in [3.63, 3.8) is 0 Å². The third-order valence-electron chi connectivity index (χ3n) is 4.74. The van der Waals surface area contributed by atoms with E-state index in [1.807, 2.05) is 0 Å². The van der Waals surface area contributed by atoms with Gasteiger partial charge < -0.3 is 15.2 Å². The molecular weight excluding hydrogens is 358 g/mol. The van der Waals surface area contributed by atoms with Crippen LogP contribution in [-0.2, 0) is 14.6 Å². The van der Waals surface area contributed by atoms with Crippen LogP contribution in [0, 0.1) is 5.92 Å². The van der Waals surface area contributed by atoms with Crippen molar-refractivity contribution >= 4 is 21.7 Å². The van der Waals surface area contributed by atoms with Gasteiger partial charge in [-0.05, 0) is 31.0 Å². The standard InChI is InChI=1S/C18H25NO6S/c1-25-16-10-9-12(26(2,23)24)11-14(16)17(20)19-15-8-6-4-3-5-7-13(15)18(21)22/h9-11,13,15H,3-8H2,1-2H3,(H,19,20)(H,21,22). The largest absolute Gasteiger partial charge is 0.496 e. The zero-order chi connectivity index (χ0) is 19.3. The Balaban J connectivity index is 2.30. The van der Waals surface area contributed by atoms with Gasteiger partial charge in [0.05, 0.1) is 23.5 Å². The lowest BCUT2D eigenvalue weighted by atomic mass is 9.86. The highest BCUT2D eigenvalue weighted by molar-refractivity contribution is 7.90. The number of rotatable bonds is 5. The molecule has 7 nitrogen and oxygen atoms in total. The van der Waals surface area contributed by atoms with E-state index < -0.39 is 33.7 Å². The number of amides is 1. The smallest absolute Gasteiger partial charge is 0.308 e. The Kier molecular flexibility index (Phi) is 6.63. The Morgan fingerprint density at radius 2 is 1.81 bits per heavy atom. The van der Waals surface area contributed by atoms with E-state index in [1.54, 1.807) is 0 Å². The van der Waals surface area contributed by atoms with Crippen LogP contribution < -0.4 is 10.1 Å². The van der Waals surface area contributed by atoms with Crippen molar-refractivity contribution in [2.75, 3.05) is 13.4 Å². The van der Waals surface area contributed by atoms with Crippen molar-refractivity contribution in [1.82, 2.24) is 5.32 Å². The lowest BCUT2D eigenvalue weighted by Crippen LogP contribution is -2.44. The van der Waals surface area contributed by atoms with Crippen molar-refractivity contribution in [1.29, 1.82) is 0 Å². The summed E-state index contributed by atoms with van der Waals surface area (Å²) in [5.41, 5.74) is 0.0848. The quantitative estimate of drug-likeness (QED) is 0.807. The fourth-order valence-corrected chi connectivity index (χ4v) is 3.94. The molecule has 0 bridgehead atoms. The topological polar surface area (TPSA) is 110 Å². The maximum absolute atomic E-state index is 12.8. The van der Waals surface area contributed by atoms with Crippen LogP contribution in [0.1, 0.15) is 48.9 Å². The molecule has 2 N–H and O–H groups in total. The summed E-state index contributed by atoms with van der Waals surface area (Å²) in [5, 5.41) is 12.3. The number of hydrogen-bond donors (Lipinski definition) is 2. The molecule has 2 atom stereocenters. The van der Waals surface area contributed by atoms with Gasteiger partial charge in [-0.3, -0.25) is 9.59 Å². The van der Waals surface area contributed by atoms with E-state index in [1.165, 1.54) is 25.3 Å². The first-order chi connectivity index (χ1) is 12.2. The highest BCUT2D eigenvalue weighted by atomic mass is 32.2. The number of benzene rings is 1. The fourth-order valence-electron chi connectivity index (χ4n) is 3.29. The molecular formula is C18H25NO6S. The monoisotopic (exact) mass is 383 g/mol. The van der Waals surface area contributed by atoms with Crippen molar-refractivity contribution in [2.45, 2.75) is 49.5 Å². The van der Waals surface area contributed by atoms with Gasteiger partial charge in [0.15, 0.2) is 9.84 Å². The van der Waals surface area contributed by atoms with Gasteiger partial charge in [0.1, 0.15) is 5.75 Å². The number of carboxylic acid groups (broad SMARTS) is 1. The molecule has 0 heterocycles. The second-order valence-electron chi connectivity index (χ2n) is 6.65. The molecule has 0 aliphatic heterocycles. The van der Waals surface area contributed by atoms with Crippen LogP contribution in [0.2, 0.25) is 0 Å². The third kappa shape index (κ3) is 4.97. The van der Waals surface area contributed by atoms with Gasteiger partial charge in [-0.1, -0.05) is 25.7 Å². The second kappa shape index (κ2) is 8.53. The van der Waals surface area contributed by atoms with Gasteiger partial charge in [0.25, 0.3) is 5.91 Å². The third-order valence-corrected chi connectivity index (χ3v) is 5.85. The van der Waals surface area contributed by atoms with Crippen LogP contribution in [0.5, 0.6) is 5.75 Å². The Morgan fingerprint density at radius 3 is 2.38 bits per heavy atom. The molecule has 0 saturated heterocycles. The Labute approximate surface area is 153 Å². The van der Waals surface area contributed by atoms with E-state index in [2.05, 4.69) is 5.32 Å². The first-order valence-corrected chi connectivity index (χ1v) is 10.5. The predicted molar refractivity (Wildman–Crippen MR) is 96.2 cm³/mol. The molecule has 1 aromatic rings. The Bertz CT molecular complexity index is 774. The molecule has 2 rings (SSSR count). The van der Waals surface area contributed by atoms with Gasteiger partial charge in [-0.2, -0.15) is 0 Å². The molecule has 144 valence electrons. The fraction of sp³-hybridized carbons (Fsp3) is 0.556. The van der Waals surface area contributed by atoms with Crippen molar-refractivity contribution in [2.24, 2.45) is 5.92 Å². The van der Waals surface area contributed by atoms with Gasteiger partial charge >= 0.3 is 5.97 Å². The van der Waals surface area contributed by atoms with Gasteiger partial charge in [0, 0.05) is 12.3 Å². The minimum absolute atomic E-state index is 0.0101.